The summed E-state index contributed by atoms with van der Waals surface area (Å²) in [4.78, 5) is 4.67. The summed E-state index contributed by atoms with van der Waals surface area (Å²) >= 11 is 0. The predicted molar refractivity (Wildman–Crippen MR) is 124 cm³/mol. The zero-order valence-corrected chi connectivity index (χ0v) is 18.9. The summed E-state index contributed by atoms with van der Waals surface area (Å²) in [5, 5.41) is 12.4. The van der Waals surface area contributed by atoms with Crippen LogP contribution in [0, 0.1) is 19.7 Å². The van der Waals surface area contributed by atoms with Crippen LogP contribution in [0.15, 0.2) is 65.3 Å². The Labute approximate surface area is 192 Å². The van der Waals surface area contributed by atoms with Gasteiger partial charge in [-0.15, -0.1) is 5.10 Å². The molecule has 1 aliphatic heterocycles. The van der Waals surface area contributed by atoms with Crippen LogP contribution < -0.4 is 4.90 Å². The number of benzene rings is 2. The quantitative estimate of drug-likeness (QED) is 0.446. The van der Waals surface area contributed by atoms with Gasteiger partial charge in [0, 0.05) is 37.4 Å². The fourth-order valence-corrected chi connectivity index (χ4v) is 4.57. The van der Waals surface area contributed by atoms with Gasteiger partial charge in [-0.2, -0.15) is 0 Å². The minimum absolute atomic E-state index is 0.257. The topological polar surface area (TPSA) is 63.2 Å². The van der Waals surface area contributed by atoms with Gasteiger partial charge in [0.2, 0.25) is 0 Å². The molecular weight excluding hydrogens is 419 g/mol. The molecule has 0 aliphatic carbocycles. The van der Waals surface area contributed by atoms with E-state index in [0.717, 1.165) is 31.9 Å². The number of hydrogen-bond acceptors (Lipinski definition) is 6. The second-order valence-electron chi connectivity index (χ2n) is 8.44. The average molecular weight is 447 g/mol. The third-order valence-corrected chi connectivity index (χ3v) is 6.49. The van der Waals surface area contributed by atoms with Gasteiger partial charge in [0.1, 0.15) is 24.2 Å². The maximum atomic E-state index is 15.0. The molecule has 0 amide bonds. The van der Waals surface area contributed by atoms with Crippen LogP contribution in [0.1, 0.15) is 34.3 Å². The van der Waals surface area contributed by atoms with Gasteiger partial charge in [-0.3, -0.25) is 4.90 Å². The smallest absolute Gasteiger partial charge is 0.173 e. The number of nitrogens with zero attached hydrogens (tertiary/aromatic N) is 6. The molecule has 0 radical (unpaired) electrons. The van der Waals surface area contributed by atoms with E-state index in [1.165, 1.54) is 22.9 Å². The SMILES string of the molecule is Cc1cccc(N2CCN(C(c3ccccc3F)c3nnnn3Cc3ccco3)CC2)c1C. The van der Waals surface area contributed by atoms with Crippen molar-refractivity contribution in [3.63, 3.8) is 0 Å². The lowest BCUT2D eigenvalue weighted by molar-refractivity contribution is 0.197. The molecular formula is C25H27FN6O. The largest absolute Gasteiger partial charge is 0.467 e. The Bertz CT molecular complexity index is 1210. The van der Waals surface area contributed by atoms with Crippen molar-refractivity contribution in [1.29, 1.82) is 0 Å². The maximum Gasteiger partial charge on any atom is 0.173 e. The number of anilines is 1. The molecule has 170 valence electrons. The number of aromatic nitrogens is 4. The molecule has 1 fully saturated rings. The summed E-state index contributed by atoms with van der Waals surface area (Å²) in [6.45, 7) is 7.91. The average Bonchev–Trinajstić information content (AvgIpc) is 3.51. The molecule has 2 aromatic carbocycles. The van der Waals surface area contributed by atoms with E-state index < -0.39 is 6.04 Å². The van der Waals surface area contributed by atoms with Crippen LogP contribution in [0.3, 0.4) is 0 Å². The molecule has 2 aromatic heterocycles. The molecule has 1 aliphatic rings. The van der Waals surface area contributed by atoms with Gasteiger partial charge in [0.05, 0.1) is 6.26 Å². The van der Waals surface area contributed by atoms with E-state index in [9.17, 15) is 0 Å². The Morgan fingerprint density at radius 2 is 1.79 bits per heavy atom. The van der Waals surface area contributed by atoms with Crippen LogP contribution in [0.4, 0.5) is 10.1 Å². The van der Waals surface area contributed by atoms with Crippen molar-refractivity contribution in [2.24, 2.45) is 0 Å². The zero-order valence-electron chi connectivity index (χ0n) is 18.9. The molecule has 0 N–H and O–H groups in total. The van der Waals surface area contributed by atoms with Crippen molar-refractivity contribution in [3.8, 4) is 0 Å². The van der Waals surface area contributed by atoms with Gasteiger partial charge in [-0.1, -0.05) is 30.3 Å². The lowest BCUT2D eigenvalue weighted by Crippen LogP contribution is -2.48. The minimum Gasteiger partial charge on any atom is -0.467 e. The minimum atomic E-state index is -0.392. The van der Waals surface area contributed by atoms with Gasteiger partial charge >= 0.3 is 0 Å². The Balaban J connectivity index is 1.44. The van der Waals surface area contributed by atoms with Gasteiger partial charge < -0.3 is 9.32 Å². The monoisotopic (exact) mass is 446 g/mol. The standard InChI is InChI=1S/C25H27FN6O/c1-18-7-5-11-23(19(18)2)30-12-14-31(15-13-30)24(21-9-3-4-10-22(21)26)25-27-28-29-32(25)17-20-8-6-16-33-20/h3-11,16,24H,12-15,17H2,1-2H3. The molecule has 4 aromatic rings. The van der Waals surface area contributed by atoms with Crippen LogP contribution in [0.25, 0.3) is 0 Å². The van der Waals surface area contributed by atoms with Crippen LogP contribution in [-0.4, -0.2) is 51.3 Å². The molecule has 33 heavy (non-hydrogen) atoms. The molecule has 0 spiro atoms. The summed E-state index contributed by atoms with van der Waals surface area (Å²) in [7, 11) is 0. The fraction of sp³-hybridized carbons (Fsp3) is 0.320. The van der Waals surface area contributed by atoms with Crippen LogP contribution in [0.5, 0.6) is 0 Å². The van der Waals surface area contributed by atoms with Crippen LogP contribution in [0.2, 0.25) is 0 Å². The van der Waals surface area contributed by atoms with E-state index in [-0.39, 0.29) is 5.82 Å². The first-order chi connectivity index (χ1) is 16.1. The van der Waals surface area contributed by atoms with E-state index in [2.05, 4.69) is 57.4 Å². The molecule has 0 saturated carbocycles. The first-order valence-electron chi connectivity index (χ1n) is 11.2. The number of aryl methyl sites for hydroxylation is 1. The third-order valence-electron chi connectivity index (χ3n) is 6.49. The van der Waals surface area contributed by atoms with E-state index in [1.807, 2.05) is 24.3 Å². The normalized spacial score (nSPS) is 15.7. The predicted octanol–water partition coefficient (Wildman–Crippen LogP) is 3.98. The molecule has 5 rings (SSSR count). The Morgan fingerprint density at radius 1 is 0.970 bits per heavy atom. The van der Waals surface area contributed by atoms with Crippen molar-refractivity contribution in [1.82, 2.24) is 25.1 Å². The number of tetrazole rings is 1. The summed E-state index contributed by atoms with van der Waals surface area (Å²) in [5.41, 5.74) is 4.43. The third kappa shape index (κ3) is 4.26. The number of furan rings is 1. The Hall–Kier alpha value is -3.52. The van der Waals surface area contributed by atoms with Gasteiger partial charge in [-0.25, -0.2) is 9.07 Å². The van der Waals surface area contributed by atoms with E-state index in [1.54, 1.807) is 17.0 Å². The zero-order chi connectivity index (χ0) is 22.8. The van der Waals surface area contributed by atoms with Crippen molar-refractivity contribution in [2.75, 3.05) is 31.1 Å². The van der Waals surface area contributed by atoms with Crippen molar-refractivity contribution < 1.29 is 8.81 Å². The van der Waals surface area contributed by atoms with Gasteiger partial charge in [0.15, 0.2) is 5.82 Å². The summed E-state index contributed by atoms with van der Waals surface area (Å²) in [5.74, 6) is 1.10. The first-order valence-corrected chi connectivity index (χ1v) is 11.2. The Morgan fingerprint density at radius 3 is 2.55 bits per heavy atom. The van der Waals surface area contributed by atoms with E-state index in [4.69, 9.17) is 4.42 Å². The summed E-state index contributed by atoms with van der Waals surface area (Å²) in [6.07, 6.45) is 1.63. The highest BCUT2D eigenvalue weighted by atomic mass is 19.1. The van der Waals surface area contributed by atoms with Crippen molar-refractivity contribution >= 4 is 5.69 Å². The van der Waals surface area contributed by atoms with Crippen molar-refractivity contribution in [3.05, 3.63) is 95.0 Å². The number of piperazine rings is 1. The van der Waals surface area contributed by atoms with Gasteiger partial charge in [-0.05, 0) is 59.7 Å². The molecule has 1 atom stereocenters. The van der Waals surface area contributed by atoms with Gasteiger partial charge in [0.25, 0.3) is 0 Å². The molecule has 8 heteroatoms. The molecule has 1 saturated heterocycles. The maximum absolute atomic E-state index is 15.0. The molecule has 0 bridgehead atoms. The van der Waals surface area contributed by atoms with Crippen molar-refractivity contribution in [2.45, 2.75) is 26.4 Å². The van der Waals surface area contributed by atoms with E-state index in [0.29, 0.717) is 17.9 Å². The second kappa shape index (κ2) is 9.15. The fourth-order valence-electron chi connectivity index (χ4n) is 4.57. The molecule has 1 unspecified atom stereocenters. The van der Waals surface area contributed by atoms with E-state index >= 15 is 4.39 Å². The highest BCUT2D eigenvalue weighted by Crippen LogP contribution is 2.32. The molecule has 7 nitrogen and oxygen atoms in total. The summed E-state index contributed by atoms with van der Waals surface area (Å²) in [6, 6.07) is 16.6. The summed E-state index contributed by atoms with van der Waals surface area (Å²) < 4.78 is 22.2. The highest BCUT2D eigenvalue weighted by Gasteiger charge is 2.32. The highest BCUT2D eigenvalue weighted by molar-refractivity contribution is 5.56. The van der Waals surface area contributed by atoms with Crippen LogP contribution in [-0.2, 0) is 6.54 Å². The number of halogens is 1. The lowest BCUT2D eigenvalue weighted by atomic mass is 10.0. The second-order valence-corrected chi connectivity index (χ2v) is 8.44. The lowest BCUT2D eigenvalue weighted by Gasteiger charge is -2.40. The number of hydrogen-bond donors (Lipinski definition) is 0. The van der Waals surface area contributed by atoms with Crippen LogP contribution >= 0.6 is 0 Å². The number of rotatable bonds is 6. The molecule has 3 heterocycles. The first kappa shape index (κ1) is 21.3. The Kier molecular flexibility index (Phi) is 5.92.